The molecule has 0 N–H and O–H groups in total. The zero-order valence-corrected chi connectivity index (χ0v) is 17.0. The lowest BCUT2D eigenvalue weighted by atomic mass is 9.91. The maximum atomic E-state index is 14.0. The van der Waals surface area contributed by atoms with Crippen LogP contribution in [0.15, 0.2) is 71.2 Å². The third-order valence-corrected chi connectivity index (χ3v) is 5.62. The van der Waals surface area contributed by atoms with Crippen molar-refractivity contribution in [1.82, 2.24) is 0 Å². The lowest BCUT2D eigenvalue weighted by Crippen LogP contribution is -2.39. The standard InChI is InChI=1S/C23H18BrF2NO2/c24-19-13-22-17(12-20(19)26)9-10-21(16-7-4-8-18(25)11-16)27(22)23(28)29-14-15-5-2-1-3-6-15/h1-8,11-13,21H,9-10,14H2. The number of hydrogen-bond donors (Lipinski definition) is 0. The maximum absolute atomic E-state index is 14.0. The quantitative estimate of drug-likeness (QED) is 0.445. The topological polar surface area (TPSA) is 29.5 Å². The van der Waals surface area contributed by atoms with E-state index >= 15 is 0 Å². The van der Waals surface area contributed by atoms with Gasteiger partial charge in [0.1, 0.15) is 18.2 Å². The van der Waals surface area contributed by atoms with Gasteiger partial charge in [0.05, 0.1) is 16.2 Å². The minimum absolute atomic E-state index is 0.115. The van der Waals surface area contributed by atoms with Crippen LogP contribution >= 0.6 is 15.9 Å². The summed E-state index contributed by atoms with van der Waals surface area (Å²) in [6, 6.07) is 18.2. The predicted molar refractivity (Wildman–Crippen MR) is 111 cm³/mol. The lowest BCUT2D eigenvalue weighted by Gasteiger charge is -2.37. The molecule has 1 heterocycles. The average Bonchev–Trinajstić information content (AvgIpc) is 2.73. The van der Waals surface area contributed by atoms with E-state index in [4.69, 9.17) is 4.74 Å². The molecule has 148 valence electrons. The van der Waals surface area contributed by atoms with Crippen LogP contribution in [0.3, 0.4) is 0 Å². The number of ether oxygens (including phenoxy) is 1. The highest BCUT2D eigenvalue weighted by molar-refractivity contribution is 9.10. The summed E-state index contributed by atoms with van der Waals surface area (Å²) in [5.74, 6) is -0.753. The number of hydrogen-bond acceptors (Lipinski definition) is 2. The summed E-state index contributed by atoms with van der Waals surface area (Å²) < 4.78 is 33.7. The molecule has 0 aromatic heterocycles. The van der Waals surface area contributed by atoms with E-state index in [1.807, 2.05) is 30.3 Å². The minimum Gasteiger partial charge on any atom is -0.444 e. The van der Waals surface area contributed by atoms with E-state index in [-0.39, 0.29) is 22.7 Å². The largest absolute Gasteiger partial charge is 0.444 e. The van der Waals surface area contributed by atoms with Gasteiger partial charge in [0.25, 0.3) is 0 Å². The number of aryl methyl sites for hydroxylation is 1. The summed E-state index contributed by atoms with van der Waals surface area (Å²) in [7, 11) is 0. The molecule has 1 aliphatic heterocycles. The average molecular weight is 458 g/mol. The van der Waals surface area contributed by atoms with Crippen LogP contribution in [0, 0.1) is 11.6 Å². The molecule has 0 fully saturated rings. The molecular formula is C23H18BrF2NO2. The monoisotopic (exact) mass is 457 g/mol. The molecule has 1 aliphatic rings. The SMILES string of the molecule is O=C(OCc1ccccc1)N1c2cc(Br)c(F)cc2CCC1c1cccc(F)c1. The van der Waals surface area contributed by atoms with Gasteiger partial charge in [-0.3, -0.25) is 4.90 Å². The molecule has 3 nitrogen and oxygen atoms in total. The van der Waals surface area contributed by atoms with Gasteiger partial charge in [-0.2, -0.15) is 0 Å². The van der Waals surface area contributed by atoms with E-state index in [1.165, 1.54) is 23.1 Å². The summed E-state index contributed by atoms with van der Waals surface area (Å²) in [5, 5.41) is 0. The molecule has 0 radical (unpaired) electrons. The Hall–Kier alpha value is -2.73. The van der Waals surface area contributed by atoms with Crippen LogP contribution in [0.4, 0.5) is 19.3 Å². The molecule has 1 atom stereocenters. The smallest absolute Gasteiger partial charge is 0.415 e. The lowest BCUT2D eigenvalue weighted by molar-refractivity contribution is 0.143. The Morgan fingerprint density at radius 2 is 1.86 bits per heavy atom. The molecule has 4 rings (SSSR count). The van der Waals surface area contributed by atoms with Gasteiger partial charge >= 0.3 is 6.09 Å². The number of anilines is 1. The first-order valence-corrected chi connectivity index (χ1v) is 10.1. The van der Waals surface area contributed by atoms with Gasteiger partial charge in [-0.05, 0) is 69.7 Å². The van der Waals surface area contributed by atoms with E-state index in [0.29, 0.717) is 24.1 Å². The Morgan fingerprint density at radius 3 is 2.62 bits per heavy atom. The number of carbonyl (C=O) groups is 1. The van der Waals surface area contributed by atoms with Crippen LogP contribution in [-0.2, 0) is 17.8 Å². The first-order valence-electron chi connectivity index (χ1n) is 9.26. The fourth-order valence-corrected chi connectivity index (χ4v) is 3.97. The number of benzene rings is 3. The molecule has 3 aromatic carbocycles. The highest BCUT2D eigenvalue weighted by Crippen LogP contribution is 2.41. The molecule has 3 aromatic rings. The van der Waals surface area contributed by atoms with Crippen LogP contribution in [0.5, 0.6) is 0 Å². The zero-order chi connectivity index (χ0) is 20.4. The fourth-order valence-electron chi connectivity index (χ4n) is 3.64. The number of halogens is 3. The first kappa shape index (κ1) is 19.6. The Balaban J connectivity index is 1.70. The molecule has 1 amide bonds. The fraction of sp³-hybridized carbons (Fsp3) is 0.174. The van der Waals surface area contributed by atoms with Crippen molar-refractivity contribution in [3.05, 3.63) is 99.5 Å². The summed E-state index contributed by atoms with van der Waals surface area (Å²) in [6.45, 7) is 0.115. The first-order chi connectivity index (χ1) is 14.0. The number of fused-ring (bicyclic) bond motifs is 1. The van der Waals surface area contributed by atoms with Crippen molar-refractivity contribution in [3.63, 3.8) is 0 Å². The third kappa shape index (κ3) is 4.17. The normalized spacial score (nSPS) is 15.7. The molecule has 0 bridgehead atoms. The van der Waals surface area contributed by atoms with Gasteiger partial charge in [-0.15, -0.1) is 0 Å². The van der Waals surface area contributed by atoms with Gasteiger partial charge in [0.2, 0.25) is 0 Å². The number of nitrogens with zero attached hydrogens (tertiary/aromatic N) is 1. The van der Waals surface area contributed by atoms with E-state index < -0.39 is 12.1 Å². The highest BCUT2D eigenvalue weighted by atomic mass is 79.9. The Kier molecular flexibility index (Phi) is 5.62. The van der Waals surface area contributed by atoms with E-state index in [0.717, 1.165) is 11.1 Å². The van der Waals surface area contributed by atoms with Crippen LogP contribution in [0.2, 0.25) is 0 Å². The van der Waals surface area contributed by atoms with Crippen molar-refractivity contribution < 1.29 is 18.3 Å². The Bertz CT molecular complexity index is 1040. The van der Waals surface area contributed by atoms with E-state index in [1.54, 1.807) is 18.2 Å². The van der Waals surface area contributed by atoms with Crippen molar-refractivity contribution in [3.8, 4) is 0 Å². The zero-order valence-electron chi connectivity index (χ0n) is 15.4. The second-order valence-corrected chi connectivity index (χ2v) is 7.77. The van der Waals surface area contributed by atoms with Crippen molar-refractivity contribution >= 4 is 27.7 Å². The summed E-state index contributed by atoms with van der Waals surface area (Å²) in [5.41, 5.74) is 2.82. The van der Waals surface area contributed by atoms with Crippen LogP contribution in [0.25, 0.3) is 0 Å². The summed E-state index contributed by atoms with van der Waals surface area (Å²) in [4.78, 5) is 14.6. The molecule has 0 spiro atoms. The van der Waals surface area contributed by atoms with Gasteiger partial charge in [-0.25, -0.2) is 13.6 Å². The molecule has 29 heavy (non-hydrogen) atoms. The van der Waals surface area contributed by atoms with E-state index in [2.05, 4.69) is 15.9 Å². The van der Waals surface area contributed by atoms with Crippen molar-refractivity contribution in [2.45, 2.75) is 25.5 Å². The summed E-state index contributed by atoms with van der Waals surface area (Å²) >= 11 is 3.20. The van der Waals surface area contributed by atoms with Crippen molar-refractivity contribution in [2.75, 3.05) is 4.90 Å². The molecular weight excluding hydrogens is 440 g/mol. The van der Waals surface area contributed by atoms with Crippen LogP contribution in [-0.4, -0.2) is 6.09 Å². The second kappa shape index (κ2) is 8.33. The Labute approximate surface area is 176 Å². The third-order valence-electron chi connectivity index (χ3n) is 5.02. The minimum atomic E-state index is -0.553. The molecule has 6 heteroatoms. The van der Waals surface area contributed by atoms with Gasteiger partial charge < -0.3 is 4.74 Å². The number of amides is 1. The van der Waals surface area contributed by atoms with Gasteiger partial charge in [-0.1, -0.05) is 42.5 Å². The maximum Gasteiger partial charge on any atom is 0.415 e. The van der Waals surface area contributed by atoms with E-state index in [9.17, 15) is 13.6 Å². The van der Waals surface area contributed by atoms with Crippen molar-refractivity contribution in [2.24, 2.45) is 0 Å². The second-order valence-electron chi connectivity index (χ2n) is 6.91. The van der Waals surface area contributed by atoms with Gasteiger partial charge in [0, 0.05) is 0 Å². The number of rotatable bonds is 3. The van der Waals surface area contributed by atoms with Crippen molar-refractivity contribution in [1.29, 1.82) is 0 Å². The summed E-state index contributed by atoms with van der Waals surface area (Å²) in [6.07, 6.45) is 0.559. The van der Waals surface area contributed by atoms with Crippen LogP contribution < -0.4 is 4.90 Å². The predicted octanol–water partition coefficient (Wildman–Crippen LogP) is 6.56. The van der Waals surface area contributed by atoms with Crippen LogP contribution in [0.1, 0.15) is 29.2 Å². The highest BCUT2D eigenvalue weighted by Gasteiger charge is 2.34. The van der Waals surface area contributed by atoms with Gasteiger partial charge in [0.15, 0.2) is 0 Å². The number of carbonyl (C=O) groups excluding carboxylic acids is 1. The molecule has 0 aliphatic carbocycles. The Morgan fingerprint density at radius 1 is 1.07 bits per heavy atom. The molecule has 1 unspecified atom stereocenters. The molecule has 0 saturated carbocycles. The molecule has 0 saturated heterocycles.